The molecule has 1 saturated carbocycles. The molecule has 0 radical (unpaired) electrons. The van der Waals surface area contributed by atoms with Crippen LogP contribution in [0, 0.1) is 6.92 Å². The van der Waals surface area contributed by atoms with Crippen LogP contribution in [0.15, 0.2) is 48.8 Å². The molecule has 0 amide bonds. The summed E-state index contributed by atoms with van der Waals surface area (Å²) < 4.78 is 28.8. The van der Waals surface area contributed by atoms with Crippen molar-refractivity contribution in [2.45, 2.75) is 31.6 Å². The number of sulfonamides is 1. The number of nitrogens with one attached hydrogen (secondary N) is 3. The summed E-state index contributed by atoms with van der Waals surface area (Å²) in [7, 11) is -3.22. The van der Waals surface area contributed by atoms with Crippen LogP contribution < -0.4 is 10.0 Å². The normalized spacial score (nSPS) is 14.3. The predicted octanol–water partition coefficient (Wildman–Crippen LogP) is 2.75. The van der Waals surface area contributed by atoms with Gasteiger partial charge in [0, 0.05) is 42.3 Å². The van der Waals surface area contributed by atoms with Gasteiger partial charge in [-0.15, -0.1) is 0 Å². The van der Waals surface area contributed by atoms with Gasteiger partial charge in [0.05, 0.1) is 10.9 Å². The SMILES string of the molecule is Cc1cc(Nc2nc(-c3cccc(CNS(=O)(=O)C4CC4)c3)cc3nccn23)n[nH]1. The molecule has 1 aromatic carbocycles. The Morgan fingerprint density at radius 2 is 2.10 bits per heavy atom. The number of aromatic amines is 1. The first-order valence-electron chi connectivity index (χ1n) is 9.69. The van der Waals surface area contributed by atoms with Crippen molar-refractivity contribution in [3.63, 3.8) is 0 Å². The molecule has 0 saturated heterocycles. The highest BCUT2D eigenvalue weighted by atomic mass is 32.2. The summed E-state index contributed by atoms with van der Waals surface area (Å²) in [5, 5.41) is 10.1. The molecular formula is C20H21N7O2S. The van der Waals surface area contributed by atoms with Crippen LogP contribution in [0.1, 0.15) is 24.1 Å². The van der Waals surface area contributed by atoms with Crippen molar-refractivity contribution in [2.24, 2.45) is 0 Å². The van der Waals surface area contributed by atoms with Gasteiger partial charge in [-0.05, 0) is 31.4 Å². The first-order valence-corrected chi connectivity index (χ1v) is 11.2. The molecule has 4 aromatic rings. The summed E-state index contributed by atoms with van der Waals surface area (Å²) in [6.45, 7) is 2.19. The van der Waals surface area contributed by atoms with Gasteiger partial charge < -0.3 is 5.32 Å². The van der Waals surface area contributed by atoms with Gasteiger partial charge in [0.2, 0.25) is 16.0 Å². The maximum absolute atomic E-state index is 12.1. The molecule has 1 aliphatic rings. The van der Waals surface area contributed by atoms with Crippen molar-refractivity contribution < 1.29 is 8.42 Å². The maximum atomic E-state index is 12.1. The number of H-pyrrole nitrogens is 1. The van der Waals surface area contributed by atoms with Crippen LogP contribution in [0.4, 0.5) is 11.8 Å². The third-order valence-corrected chi connectivity index (χ3v) is 6.89. The molecule has 0 spiro atoms. The fourth-order valence-electron chi connectivity index (χ4n) is 3.28. The van der Waals surface area contributed by atoms with Crippen molar-refractivity contribution in [2.75, 3.05) is 5.32 Å². The third kappa shape index (κ3) is 3.79. The van der Waals surface area contributed by atoms with E-state index in [4.69, 9.17) is 4.98 Å². The fraction of sp³-hybridized carbons (Fsp3) is 0.250. The van der Waals surface area contributed by atoms with Gasteiger partial charge in [-0.2, -0.15) is 5.10 Å². The highest BCUT2D eigenvalue weighted by Crippen LogP contribution is 2.28. The predicted molar refractivity (Wildman–Crippen MR) is 114 cm³/mol. The van der Waals surface area contributed by atoms with E-state index in [1.54, 1.807) is 6.20 Å². The standard InChI is InChI=1S/C20H21N7O2S/c1-13-9-18(26-25-13)24-20-23-17(11-19-21-7-8-27(19)20)15-4-2-3-14(10-15)12-22-30(28,29)16-5-6-16/h2-4,7-11,16,22H,5-6,12H2,1H3,(H2,23,24,25,26). The Bertz CT molecular complexity index is 1320. The first-order chi connectivity index (χ1) is 14.5. The Morgan fingerprint density at radius 1 is 1.23 bits per heavy atom. The van der Waals surface area contributed by atoms with Crippen LogP contribution in [0.25, 0.3) is 16.9 Å². The Balaban J connectivity index is 1.45. The van der Waals surface area contributed by atoms with Gasteiger partial charge in [0.25, 0.3) is 0 Å². The van der Waals surface area contributed by atoms with Gasteiger partial charge in [0.15, 0.2) is 5.82 Å². The minimum Gasteiger partial charge on any atom is -0.308 e. The fourth-order valence-corrected chi connectivity index (χ4v) is 4.64. The summed E-state index contributed by atoms with van der Waals surface area (Å²) in [5.74, 6) is 1.25. The zero-order valence-corrected chi connectivity index (χ0v) is 17.1. The number of benzene rings is 1. The van der Waals surface area contributed by atoms with Gasteiger partial charge in [0.1, 0.15) is 5.65 Å². The van der Waals surface area contributed by atoms with Gasteiger partial charge in [-0.3, -0.25) is 9.50 Å². The van der Waals surface area contributed by atoms with E-state index in [0.29, 0.717) is 11.8 Å². The van der Waals surface area contributed by atoms with Crippen molar-refractivity contribution in [3.8, 4) is 11.3 Å². The summed E-state index contributed by atoms with van der Waals surface area (Å²) in [6, 6.07) is 11.5. The molecule has 3 N–H and O–H groups in total. The van der Waals surface area contributed by atoms with Crippen LogP contribution in [0.2, 0.25) is 0 Å². The summed E-state index contributed by atoms with van der Waals surface area (Å²) in [6.07, 6.45) is 5.03. The summed E-state index contributed by atoms with van der Waals surface area (Å²) in [5.41, 5.74) is 4.17. The van der Waals surface area contributed by atoms with E-state index in [9.17, 15) is 8.42 Å². The summed E-state index contributed by atoms with van der Waals surface area (Å²) in [4.78, 5) is 9.15. The van der Waals surface area contributed by atoms with Gasteiger partial charge in [-0.25, -0.2) is 23.1 Å². The quantitative estimate of drug-likeness (QED) is 0.421. The first kappa shape index (κ1) is 18.8. The van der Waals surface area contributed by atoms with E-state index < -0.39 is 10.0 Å². The zero-order chi connectivity index (χ0) is 20.7. The van der Waals surface area contributed by atoms with Gasteiger partial charge in [-0.1, -0.05) is 18.2 Å². The lowest BCUT2D eigenvalue weighted by atomic mass is 10.1. The van der Waals surface area contributed by atoms with Crippen LogP contribution in [0.3, 0.4) is 0 Å². The molecule has 0 aliphatic heterocycles. The minimum atomic E-state index is -3.22. The lowest BCUT2D eigenvalue weighted by Crippen LogP contribution is -2.26. The maximum Gasteiger partial charge on any atom is 0.214 e. The van der Waals surface area contributed by atoms with Crippen molar-refractivity contribution in [1.29, 1.82) is 0 Å². The number of fused-ring (bicyclic) bond motifs is 1. The summed E-state index contributed by atoms with van der Waals surface area (Å²) >= 11 is 0. The molecule has 1 aliphatic carbocycles. The number of aryl methyl sites for hydroxylation is 1. The number of rotatable bonds is 7. The second-order valence-electron chi connectivity index (χ2n) is 7.45. The van der Waals surface area contributed by atoms with E-state index in [2.05, 4.69) is 25.2 Å². The van der Waals surface area contributed by atoms with E-state index in [1.807, 2.05) is 53.9 Å². The van der Waals surface area contributed by atoms with E-state index >= 15 is 0 Å². The number of anilines is 2. The Hall–Kier alpha value is -3.24. The molecule has 10 heteroatoms. The van der Waals surface area contributed by atoms with Crippen LogP contribution in [-0.2, 0) is 16.6 Å². The lowest BCUT2D eigenvalue weighted by molar-refractivity contribution is 0.580. The number of hydrogen-bond donors (Lipinski definition) is 3. The zero-order valence-electron chi connectivity index (χ0n) is 16.3. The van der Waals surface area contributed by atoms with E-state index in [-0.39, 0.29) is 11.8 Å². The van der Waals surface area contributed by atoms with Crippen LogP contribution in [0.5, 0.6) is 0 Å². The third-order valence-electron chi connectivity index (χ3n) is 5.00. The highest BCUT2D eigenvalue weighted by Gasteiger charge is 2.35. The molecule has 0 atom stereocenters. The van der Waals surface area contributed by atoms with Crippen molar-refractivity contribution in [3.05, 3.63) is 60.0 Å². The lowest BCUT2D eigenvalue weighted by Gasteiger charge is -2.10. The Labute approximate surface area is 173 Å². The monoisotopic (exact) mass is 423 g/mol. The Morgan fingerprint density at radius 3 is 2.87 bits per heavy atom. The smallest absolute Gasteiger partial charge is 0.214 e. The molecule has 9 nitrogen and oxygen atoms in total. The molecule has 3 aromatic heterocycles. The van der Waals surface area contributed by atoms with Crippen LogP contribution >= 0.6 is 0 Å². The molecular weight excluding hydrogens is 402 g/mol. The number of imidazole rings is 1. The molecule has 1 fully saturated rings. The van der Waals surface area contributed by atoms with E-state index in [0.717, 1.165) is 41.0 Å². The molecule has 0 unspecified atom stereocenters. The van der Waals surface area contributed by atoms with Crippen LogP contribution in [-0.4, -0.2) is 38.2 Å². The second-order valence-corrected chi connectivity index (χ2v) is 9.49. The topological polar surface area (TPSA) is 117 Å². The number of nitrogens with zero attached hydrogens (tertiary/aromatic N) is 4. The van der Waals surface area contributed by atoms with Crippen molar-refractivity contribution in [1.82, 2.24) is 29.3 Å². The number of hydrogen-bond acceptors (Lipinski definition) is 6. The van der Waals surface area contributed by atoms with Gasteiger partial charge >= 0.3 is 0 Å². The largest absolute Gasteiger partial charge is 0.308 e. The molecule has 5 rings (SSSR count). The van der Waals surface area contributed by atoms with E-state index in [1.165, 1.54) is 0 Å². The Kier molecular flexibility index (Phi) is 4.52. The van der Waals surface area contributed by atoms with Crippen molar-refractivity contribution >= 4 is 27.4 Å². The molecule has 0 bridgehead atoms. The minimum absolute atomic E-state index is 0.232. The molecule has 154 valence electrons. The second kappa shape index (κ2) is 7.22. The average Bonchev–Trinajstić information content (AvgIpc) is 3.37. The highest BCUT2D eigenvalue weighted by molar-refractivity contribution is 7.90. The average molecular weight is 424 g/mol. The molecule has 3 heterocycles. The number of aromatic nitrogens is 5. The molecule has 30 heavy (non-hydrogen) atoms.